The first-order valence-corrected chi connectivity index (χ1v) is 7.82. The maximum Gasteiger partial charge on any atom is 0.490 e. The first-order chi connectivity index (χ1) is 12.2. The maximum atomic E-state index is 13.0. The van der Waals surface area contributed by atoms with Crippen molar-refractivity contribution in [1.29, 1.82) is 0 Å². The highest BCUT2D eigenvalue weighted by atomic mass is 19.4. The Morgan fingerprint density at radius 2 is 1.67 bits per heavy atom. The van der Waals surface area contributed by atoms with Gasteiger partial charge in [-0.05, 0) is 31.7 Å². The van der Waals surface area contributed by atoms with Crippen molar-refractivity contribution < 1.29 is 36.2 Å². The van der Waals surface area contributed by atoms with E-state index in [9.17, 15) is 31.1 Å². The Bertz CT molecular complexity index is 706. The van der Waals surface area contributed by atoms with E-state index in [4.69, 9.17) is 15.6 Å². The minimum atomic E-state index is -5.08. The average Bonchev–Trinajstić information content (AvgIpc) is 2.51. The van der Waals surface area contributed by atoms with Gasteiger partial charge in [0.2, 0.25) is 0 Å². The van der Waals surface area contributed by atoms with Crippen molar-refractivity contribution in [2.45, 2.75) is 50.1 Å². The summed E-state index contributed by atoms with van der Waals surface area (Å²) in [5, 5.41) is 9.98. The lowest BCUT2D eigenvalue weighted by Gasteiger charge is -2.28. The molecule has 6 nitrogen and oxygen atoms in total. The summed E-state index contributed by atoms with van der Waals surface area (Å²) in [5.41, 5.74) is 3.47. The van der Waals surface area contributed by atoms with Crippen LogP contribution in [0, 0.1) is 0 Å². The Morgan fingerprint density at radius 3 is 2.07 bits per heavy atom. The van der Waals surface area contributed by atoms with Crippen molar-refractivity contribution in [2.75, 3.05) is 5.32 Å². The van der Waals surface area contributed by atoms with Gasteiger partial charge in [-0.25, -0.2) is 4.79 Å². The summed E-state index contributed by atoms with van der Waals surface area (Å²) in [4.78, 5) is 20.6. The third kappa shape index (κ3) is 6.77. The fourth-order valence-corrected chi connectivity index (χ4v) is 2.51. The molecule has 1 heterocycles. The van der Waals surface area contributed by atoms with Gasteiger partial charge in [0, 0.05) is 25.3 Å². The first-order valence-electron chi connectivity index (χ1n) is 7.82. The Morgan fingerprint density at radius 1 is 1.19 bits per heavy atom. The number of aryl methyl sites for hydroxylation is 1. The number of anilines is 1. The number of nitrogens with two attached hydrogens (primary N) is 1. The molecule has 2 rings (SSSR count). The molecule has 1 aromatic rings. The number of halogens is 6. The van der Waals surface area contributed by atoms with Gasteiger partial charge in [-0.3, -0.25) is 4.79 Å². The predicted molar refractivity (Wildman–Crippen MR) is 84.2 cm³/mol. The third-order valence-corrected chi connectivity index (χ3v) is 3.93. The number of alkyl halides is 6. The highest BCUT2D eigenvalue weighted by Crippen LogP contribution is 2.33. The molecule has 0 bridgehead atoms. The van der Waals surface area contributed by atoms with E-state index < -0.39 is 29.4 Å². The zero-order valence-corrected chi connectivity index (χ0v) is 14.2. The molecule has 1 aliphatic carbocycles. The number of carbonyl (C=O) groups is 1. The molecule has 1 fully saturated rings. The molecular weight excluding hydrogens is 384 g/mol. The first kappa shape index (κ1) is 22.8. The van der Waals surface area contributed by atoms with Gasteiger partial charge in [0.05, 0.1) is 5.69 Å². The topological polar surface area (TPSA) is 97.4 Å². The number of carboxylic acid groups (broad SMARTS) is 1. The van der Waals surface area contributed by atoms with Crippen LogP contribution in [0.3, 0.4) is 0 Å². The molecule has 0 aliphatic heterocycles. The zero-order valence-electron chi connectivity index (χ0n) is 14.2. The molecule has 12 heteroatoms. The Balaban J connectivity index is 0.000000445. The van der Waals surface area contributed by atoms with E-state index in [1.807, 2.05) is 0 Å². The van der Waals surface area contributed by atoms with E-state index in [0.29, 0.717) is 12.8 Å². The number of hydrogen-bond donors (Lipinski definition) is 3. The smallest absolute Gasteiger partial charge is 0.475 e. The van der Waals surface area contributed by atoms with Crippen LogP contribution in [0.1, 0.15) is 31.2 Å². The third-order valence-electron chi connectivity index (χ3n) is 3.93. The van der Waals surface area contributed by atoms with Gasteiger partial charge >= 0.3 is 18.3 Å². The molecule has 27 heavy (non-hydrogen) atoms. The molecular formula is C15H19F6N3O3. The summed E-state index contributed by atoms with van der Waals surface area (Å²) in [6, 6.07) is 1.36. The minimum Gasteiger partial charge on any atom is -0.475 e. The van der Waals surface area contributed by atoms with Crippen LogP contribution in [-0.2, 0) is 18.0 Å². The summed E-state index contributed by atoms with van der Waals surface area (Å²) in [6.45, 7) is 0. The number of rotatable bonds is 2. The van der Waals surface area contributed by atoms with Crippen LogP contribution in [0.2, 0.25) is 0 Å². The number of nitrogens with zero attached hydrogens (tertiary/aromatic N) is 1. The number of nitrogens with one attached hydrogen (secondary N) is 1. The van der Waals surface area contributed by atoms with E-state index in [2.05, 4.69) is 5.32 Å². The highest BCUT2D eigenvalue weighted by molar-refractivity contribution is 5.73. The number of carboxylic acids is 1. The van der Waals surface area contributed by atoms with Crippen molar-refractivity contribution in [3.8, 4) is 0 Å². The second-order valence-corrected chi connectivity index (χ2v) is 6.08. The van der Waals surface area contributed by atoms with Crippen LogP contribution in [0.4, 0.5) is 32.0 Å². The lowest BCUT2D eigenvalue weighted by atomic mass is 9.91. The van der Waals surface area contributed by atoms with Crippen LogP contribution in [0.15, 0.2) is 17.1 Å². The molecule has 0 atom stereocenters. The van der Waals surface area contributed by atoms with E-state index in [0.717, 1.165) is 17.4 Å². The Labute approximate surface area is 150 Å². The van der Waals surface area contributed by atoms with Crippen LogP contribution in [-0.4, -0.2) is 33.9 Å². The quantitative estimate of drug-likeness (QED) is 0.660. The molecule has 1 aliphatic rings. The second-order valence-electron chi connectivity index (χ2n) is 6.08. The largest absolute Gasteiger partial charge is 0.490 e. The summed E-state index contributed by atoms with van der Waals surface area (Å²) >= 11 is 0. The van der Waals surface area contributed by atoms with Crippen molar-refractivity contribution in [2.24, 2.45) is 12.8 Å². The molecule has 0 spiro atoms. The van der Waals surface area contributed by atoms with Crippen molar-refractivity contribution >= 4 is 11.7 Å². The zero-order chi connectivity index (χ0) is 21.0. The van der Waals surface area contributed by atoms with Crippen molar-refractivity contribution in [1.82, 2.24) is 4.57 Å². The van der Waals surface area contributed by atoms with Gasteiger partial charge in [-0.15, -0.1) is 0 Å². The van der Waals surface area contributed by atoms with Gasteiger partial charge in [-0.1, -0.05) is 0 Å². The van der Waals surface area contributed by atoms with Crippen LogP contribution >= 0.6 is 0 Å². The molecule has 1 aromatic heterocycles. The van der Waals surface area contributed by atoms with Crippen molar-refractivity contribution in [3.63, 3.8) is 0 Å². The fraction of sp³-hybridized carbons (Fsp3) is 0.600. The molecule has 0 radical (unpaired) electrons. The monoisotopic (exact) mass is 403 g/mol. The van der Waals surface area contributed by atoms with Gasteiger partial charge in [0.25, 0.3) is 5.56 Å². The van der Waals surface area contributed by atoms with Gasteiger partial charge in [0.15, 0.2) is 0 Å². The van der Waals surface area contributed by atoms with Gasteiger partial charge in [-0.2, -0.15) is 26.3 Å². The van der Waals surface area contributed by atoms with E-state index in [-0.39, 0.29) is 17.8 Å². The second kappa shape index (κ2) is 8.63. The van der Waals surface area contributed by atoms with Crippen LogP contribution < -0.4 is 16.6 Å². The normalized spacial score (nSPS) is 20.4. The number of hydrogen-bond acceptors (Lipinski definition) is 4. The van der Waals surface area contributed by atoms with Gasteiger partial charge in [0.1, 0.15) is 5.56 Å². The lowest BCUT2D eigenvalue weighted by molar-refractivity contribution is -0.192. The lowest BCUT2D eigenvalue weighted by Crippen LogP contribution is -2.35. The Kier molecular flexibility index (Phi) is 7.29. The number of pyridine rings is 1. The fourth-order valence-electron chi connectivity index (χ4n) is 2.51. The van der Waals surface area contributed by atoms with E-state index >= 15 is 0 Å². The maximum absolute atomic E-state index is 13.0. The SMILES string of the molecule is Cn1ccc(NC2CCC(N)CC2)c(C(F)(F)F)c1=O.O=C(O)C(F)(F)F. The Hall–Kier alpha value is -2.24. The highest BCUT2D eigenvalue weighted by Gasteiger charge is 2.38. The number of aliphatic carboxylic acids is 1. The molecule has 154 valence electrons. The summed E-state index contributed by atoms with van der Waals surface area (Å²) in [6.07, 6.45) is -5.41. The van der Waals surface area contributed by atoms with E-state index in [1.165, 1.54) is 19.3 Å². The van der Waals surface area contributed by atoms with E-state index in [1.54, 1.807) is 0 Å². The molecule has 0 saturated heterocycles. The summed E-state index contributed by atoms with van der Waals surface area (Å²) in [7, 11) is 1.31. The molecule has 0 amide bonds. The predicted octanol–water partition coefficient (Wildman–Crippen LogP) is 2.72. The molecule has 0 unspecified atom stereocenters. The molecule has 4 N–H and O–H groups in total. The van der Waals surface area contributed by atoms with Crippen LogP contribution in [0.5, 0.6) is 0 Å². The molecule has 0 aromatic carbocycles. The molecule has 1 saturated carbocycles. The average molecular weight is 403 g/mol. The standard InChI is InChI=1S/C13H18F3N3O.C2HF3O2/c1-19-7-6-10(11(12(19)20)13(14,15)16)18-9-4-2-8(17)3-5-9;3-2(4,5)1(6)7/h6-9,18H,2-5,17H2,1H3;(H,6,7). The van der Waals surface area contributed by atoms with Crippen LogP contribution in [0.25, 0.3) is 0 Å². The number of aromatic nitrogens is 1. The minimum absolute atomic E-state index is 0.0667. The summed E-state index contributed by atoms with van der Waals surface area (Å²) < 4.78 is 71.8. The van der Waals surface area contributed by atoms with Gasteiger partial charge < -0.3 is 20.7 Å². The summed E-state index contributed by atoms with van der Waals surface area (Å²) in [5.74, 6) is -2.76. The van der Waals surface area contributed by atoms with Crippen molar-refractivity contribution in [3.05, 3.63) is 28.2 Å².